The fourth-order valence-electron chi connectivity index (χ4n) is 3.25. The maximum Gasteiger partial charge on any atom is 0.264 e. The molecule has 0 bridgehead atoms. The van der Waals surface area contributed by atoms with E-state index in [2.05, 4.69) is 30.0 Å². The highest BCUT2D eigenvalue weighted by Gasteiger charge is 2.31. The van der Waals surface area contributed by atoms with Gasteiger partial charge < -0.3 is 5.32 Å². The standard InChI is InChI=1S/C20H14N6O3S2/c27-19-13(17-14(24-19)6-7-15-18(17)30-11-23-15)10-22-16-8-9-21-20(25-16)26-31(28,29)12-4-2-1-3-5-12/h1-11,13H,(H,24,27)(H,21,25,26). The largest absolute Gasteiger partial charge is 0.325 e. The number of fused-ring (bicyclic) bond motifs is 3. The zero-order valence-electron chi connectivity index (χ0n) is 15.8. The third-order valence-corrected chi connectivity index (χ3v) is 6.88. The molecule has 0 fully saturated rings. The molecule has 2 aromatic carbocycles. The highest BCUT2D eigenvalue weighted by Crippen LogP contribution is 2.39. The lowest BCUT2D eigenvalue weighted by Gasteiger charge is -2.07. The molecule has 2 aromatic heterocycles. The number of sulfonamides is 1. The van der Waals surface area contributed by atoms with Crippen LogP contribution in [0.25, 0.3) is 10.2 Å². The van der Waals surface area contributed by atoms with E-state index in [0.717, 1.165) is 21.5 Å². The van der Waals surface area contributed by atoms with Crippen LogP contribution in [0.15, 0.2) is 70.1 Å². The number of hydrogen-bond donors (Lipinski definition) is 2. The number of nitrogens with one attached hydrogen (secondary N) is 2. The molecule has 154 valence electrons. The summed E-state index contributed by atoms with van der Waals surface area (Å²) in [6.45, 7) is 0. The molecule has 11 heteroatoms. The van der Waals surface area contributed by atoms with Gasteiger partial charge in [0.2, 0.25) is 11.9 Å². The fourth-order valence-corrected chi connectivity index (χ4v) is 5.10. The SMILES string of the molecule is O=C1Nc2ccc3ncsc3c2C1C=Nc1ccnc(NS(=O)(=O)c2ccccc2)n1. The van der Waals surface area contributed by atoms with Gasteiger partial charge >= 0.3 is 0 Å². The van der Waals surface area contributed by atoms with E-state index in [9.17, 15) is 13.2 Å². The number of nitrogens with zero attached hydrogens (tertiary/aromatic N) is 4. The molecule has 0 aliphatic carbocycles. The van der Waals surface area contributed by atoms with Crippen LogP contribution in [0.5, 0.6) is 0 Å². The summed E-state index contributed by atoms with van der Waals surface area (Å²) in [4.78, 5) is 29.3. The van der Waals surface area contributed by atoms with Gasteiger partial charge in [-0.3, -0.25) is 4.79 Å². The van der Waals surface area contributed by atoms with Gasteiger partial charge in [0, 0.05) is 29.7 Å². The van der Waals surface area contributed by atoms with Crippen molar-refractivity contribution in [3.8, 4) is 0 Å². The molecule has 1 atom stereocenters. The van der Waals surface area contributed by atoms with E-state index in [1.165, 1.54) is 41.9 Å². The first-order valence-corrected chi connectivity index (χ1v) is 11.5. The topological polar surface area (TPSA) is 126 Å². The summed E-state index contributed by atoms with van der Waals surface area (Å²) in [7, 11) is -3.82. The highest BCUT2D eigenvalue weighted by atomic mass is 32.2. The molecule has 5 rings (SSSR count). The smallest absolute Gasteiger partial charge is 0.264 e. The molecule has 1 amide bonds. The maximum absolute atomic E-state index is 12.5. The lowest BCUT2D eigenvalue weighted by atomic mass is 10.0. The van der Waals surface area contributed by atoms with Crippen LogP contribution in [-0.4, -0.2) is 35.5 Å². The zero-order valence-corrected chi connectivity index (χ0v) is 17.4. The van der Waals surface area contributed by atoms with E-state index in [4.69, 9.17) is 0 Å². The van der Waals surface area contributed by atoms with E-state index >= 15 is 0 Å². The van der Waals surface area contributed by atoms with Crippen LogP contribution < -0.4 is 10.0 Å². The van der Waals surface area contributed by atoms with Crippen molar-refractivity contribution in [3.63, 3.8) is 0 Å². The van der Waals surface area contributed by atoms with Crippen molar-refractivity contribution < 1.29 is 13.2 Å². The molecule has 9 nitrogen and oxygen atoms in total. The highest BCUT2D eigenvalue weighted by molar-refractivity contribution is 7.92. The Morgan fingerprint density at radius 1 is 1.10 bits per heavy atom. The van der Waals surface area contributed by atoms with Crippen LogP contribution in [0, 0.1) is 0 Å². The van der Waals surface area contributed by atoms with E-state index < -0.39 is 15.9 Å². The molecule has 1 unspecified atom stereocenters. The number of aliphatic imine (C=N–C) groups is 1. The molecular formula is C20H14N6O3S2. The molecule has 0 saturated carbocycles. The summed E-state index contributed by atoms with van der Waals surface area (Å²) < 4.78 is 28.2. The van der Waals surface area contributed by atoms with Gasteiger partial charge in [-0.25, -0.2) is 28.1 Å². The number of carbonyl (C=O) groups is 1. The first kappa shape index (κ1) is 19.3. The van der Waals surface area contributed by atoms with Crippen LogP contribution in [0.3, 0.4) is 0 Å². The van der Waals surface area contributed by atoms with Crippen LogP contribution in [0.2, 0.25) is 0 Å². The molecule has 4 aromatic rings. The second-order valence-corrected chi connectivity index (χ2v) is 9.17. The second-order valence-electron chi connectivity index (χ2n) is 6.63. The van der Waals surface area contributed by atoms with Gasteiger partial charge in [0.25, 0.3) is 10.0 Å². The number of benzene rings is 2. The van der Waals surface area contributed by atoms with Crippen molar-refractivity contribution in [1.82, 2.24) is 15.0 Å². The van der Waals surface area contributed by atoms with Gasteiger partial charge in [0.05, 0.1) is 20.6 Å². The van der Waals surface area contributed by atoms with Crippen molar-refractivity contribution in [2.75, 3.05) is 10.0 Å². The Balaban J connectivity index is 1.42. The quantitative estimate of drug-likeness (QED) is 0.449. The van der Waals surface area contributed by atoms with E-state index in [1.54, 1.807) is 23.7 Å². The van der Waals surface area contributed by atoms with E-state index in [-0.39, 0.29) is 22.6 Å². The lowest BCUT2D eigenvalue weighted by Crippen LogP contribution is -2.15. The molecule has 2 N–H and O–H groups in total. The van der Waals surface area contributed by atoms with Crippen molar-refractivity contribution >= 4 is 61.2 Å². The van der Waals surface area contributed by atoms with Gasteiger partial charge in [0.15, 0.2) is 5.82 Å². The Hall–Kier alpha value is -3.70. The van der Waals surface area contributed by atoms with Crippen LogP contribution in [0.1, 0.15) is 11.5 Å². The number of hydrogen-bond acceptors (Lipinski definition) is 8. The lowest BCUT2D eigenvalue weighted by molar-refractivity contribution is -0.115. The van der Waals surface area contributed by atoms with Crippen LogP contribution in [0.4, 0.5) is 17.5 Å². The zero-order chi connectivity index (χ0) is 21.4. The average molecular weight is 451 g/mol. The van der Waals surface area contributed by atoms with Crippen LogP contribution >= 0.6 is 11.3 Å². The van der Waals surface area contributed by atoms with Gasteiger partial charge in [-0.1, -0.05) is 18.2 Å². The number of thiazole rings is 1. The summed E-state index contributed by atoms with van der Waals surface area (Å²) in [6.07, 6.45) is 2.89. The minimum Gasteiger partial charge on any atom is -0.325 e. The molecule has 1 aliphatic rings. The minimum absolute atomic E-state index is 0.0975. The summed E-state index contributed by atoms with van der Waals surface area (Å²) >= 11 is 1.46. The van der Waals surface area contributed by atoms with E-state index in [1.807, 2.05) is 12.1 Å². The molecule has 1 aliphatic heterocycles. The molecule has 0 spiro atoms. The third-order valence-electron chi connectivity index (χ3n) is 4.66. The maximum atomic E-state index is 12.5. The first-order valence-electron chi connectivity index (χ1n) is 9.13. The van der Waals surface area contributed by atoms with Crippen molar-refractivity contribution in [1.29, 1.82) is 0 Å². The van der Waals surface area contributed by atoms with Crippen molar-refractivity contribution in [3.05, 3.63) is 65.8 Å². The summed E-state index contributed by atoms with van der Waals surface area (Å²) in [5, 5.41) is 2.85. The Kier molecular flexibility index (Phi) is 4.68. The van der Waals surface area contributed by atoms with Gasteiger partial charge in [0.1, 0.15) is 5.92 Å². The predicted octanol–water partition coefficient (Wildman–Crippen LogP) is 3.33. The number of anilines is 2. The Morgan fingerprint density at radius 3 is 2.77 bits per heavy atom. The summed E-state index contributed by atoms with van der Waals surface area (Å²) in [5.41, 5.74) is 4.11. The van der Waals surface area contributed by atoms with Gasteiger partial charge in [-0.05, 0) is 24.3 Å². The first-order chi connectivity index (χ1) is 15.0. The third kappa shape index (κ3) is 3.64. The van der Waals surface area contributed by atoms with Crippen molar-refractivity contribution in [2.24, 2.45) is 4.99 Å². The molecule has 0 saturated heterocycles. The molecular weight excluding hydrogens is 436 g/mol. The van der Waals surface area contributed by atoms with Gasteiger partial charge in [-0.15, -0.1) is 11.3 Å². The number of rotatable bonds is 5. The monoisotopic (exact) mass is 450 g/mol. The second kappa shape index (κ2) is 7.52. The van der Waals surface area contributed by atoms with E-state index in [0.29, 0.717) is 0 Å². The predicted molar refractivity (Wildman–Crippen MR) is 118 cm³/mol. The summed E-state index contributed by atoms with van der Waals surface area (Å²) in [5.74, 6) is -0.685. The van der Waals surface area contributed by atoms with Crippen LogP contribution in [-0.2, 0) is 14.8 Å². The molecule has 3 heterocycles. The average Bonchev–Trinajstić information content (AvgIpc) is 3.36. The summed E-state index contributed by atoms with van der Waals surface area (Å²) in [6, 6.07) is 13.1. The van der Waals surface area contributed by atoms with Crippen molar-refractivity contribution in [2.45, 2.75) is 10.8 Å². The normalized spacial score (nSPS) is 15.9. The number of amides is 1. The fraction of sp³-hybridized carbons (Fsp3) is 0.0500. The number of aromatic nitrogens is 3. The Bertz CT molecular complexity index is 1430. The molecule has 31 heavy (non-hydrogen) atoms. The minimum atomic E-state index is -3.82. The van der Waals surface area contributed by atoms with Gasteiger partial charge in [-0.2, -0.15) is 4.98 Å². The Morgan fingerprint density at radius 2 is 1.94 bits per heavy atom. The Labute approximate surface area is 181 Å². The number of carbonyl (C=O) groups excluding carboxylic acids is 1. The molecule has 0 radical (unpaired) electrons.